The molecule has 0 fully saturated rings. The van der Waals surface area contributed by atoms with Gasteiger partial charge in [0.2, 0.25) is 0 Å². The number of nitriles is 1. The Morgan fingerprint density at radius 2 is 1.70 bits per heavy atom. The lowest BCUT2D eigenvalue weighted by atomic mass is 10.1. The topological polar surface area (TPSA) is 70.0 Å². The molecule has 5 heteroatoms. The molecule has 4 nitrogen and oxygen atoms in total. The van der Waals surface area contributed by atoms with E-state index in [9.17, 15) is 14.0 Å². The SMILES string of the molecule is N#Cc1ccccc1NC(=O)C(=O)c1ccc(F)cc1. The average molecular weight is 268 g/mol. The summed E-state index contributed by atoms with van der Waals surface area (Å²) in [6.45, 7) is 0. The number of ketones is 1. The second kappa shape index (κ2) is 5.76. The van der Waals surface area contributed by atoms with Gasteiger partial charge in [-0.3, -0.25) is 9.59 Å². The molecule has 2 aromatic carbocycles. The van der Waals surface area contributed by atoms with Gasteiger partial charge in [-0.25, -0.2) is 4.39 Å². The van der Waals surface area contributed by atoms with Gasteiger partial charge in [0.15, 0.2) is 0 Å². The molecule has 0 bridgehead atoms. The molecular formula is C15H9FN2O2. The summed E-state index contributed by atoms with van der Waals surface area (Å²) in [6, 6.07) is 12.9. The van der Waals surface area contributed by atoms with Crippen molar-refractivity contribution in [2.45, 2.75) is 0 Å². The van der Waals surface area contributed by atoms with E-state index < -0.39 is 17.5 Å². The lowest BCUT2D eigenvalue weighted by Crippen LogP contribution is -2.23. The summed E-state index contributed by atoms with van der Waals surface area (Å²) in [5, 5.41) is 11.3. The first-order valence-corrected chi connectivity index (χ1v) is 5.72. The van der Waals surface area contributed by atoms with E-state index in [4.69, 9.17) is 5.26 Å². The summed E-state index contributed by atoms with van der Waals surface area (Å²) >= 11 is 0. The Morgan fingerprint density at radius 1 is 1.05 bits per heavy atom. The van der Waals surface area contributed by atoms with Crippen LogP contribution in [0.25, 0.3) is 0 Å². The highest BCUT2D eigenvalue weighted by Gasteiger charge is 2.17. The lowest BCUT2D eigenvalue weighted by molar-refractivity contribution is -0.112. The number of anilines is 1. The Hall–Kier alpha value is -3.00. The molecule has 0 atom stereocenters. The molecule has 0 radical (unpaired) electrons. The smallest absolute Gasteiger partial charge is 0.296 e. The normalized spacial score (nSPS) is 9.60. The summed E-state index contributed by atoms with van der Waals surface area (Å²) in [5.74, 6) is -2.16. The van der Waals surface area contributed by atoms with Crippen LogP contribution in [0, 0.1) is 17.1 Å². The minimum atomic E-state index is -0.876. The molecule has 0 aliphatic heterocycles. The van der Waals surface area contributed by atoms with Crippen LogP contribution in [0.15, 0.2) is 48.5 Å². The van der Waals surface area contributed by atoms with Crippen LogP contribution in [0.2, 0.25) is 0 Å². The molecule has 0 unspecified atom stereocenters. The van der Waals surface area contributed by atoms with Crippen molar-refractivity contribution in [2.24, 2.45) is 0 Å². The molecule has 2 rings (SSSR count). The van der Waals surface area contributed by atoms with Gasteiger partial charge in [-0.05, 0) is 36.4 Å². The number of hydrogen-bond donors (Lipinski definition) is 1. The van der Waals surface area contributed by atoms with Gasteiger partial charge in [0.05, 0.1) is 11.3 Å². The van der Waals surface area contributed by atoms with E-state index in [1.165, 1.54) is 24.3 Å². The minimum absolute atomic E-state index is 0.0818. The fourth-order valence-electron chi connectivity index (χ4n) is 1.60. The number of nitrogens with zero attached hydrogens (tertiary/aromatic N) is 1. The van der Waals surface area contributed by atoms with Crippen molar-refractivity contribution in [2.75, 3.05) is 5.32 Å². The van der Waals surface area contributed by atoms with Gasteiger partial charge in [-0.2, -0.15) is 5.26 Å². The maximum absolute atomic E-state index is 12.7. The molecule has 98 valence electrons. The zero-order valence-electron chi connectivity index (χ0n) is 10.3. The molecule has 0 spiro atoms. The quantitative estimate of drug-likeness (QED) is 0.686. The van der Waals surface area contributed by atoms with Crippen molar-refractivity contribution in [3.8, 4) is 6.07 Å². The lowest BCUT2D eigenvalue weighted by Gasteiger charge is -2.06. The molecule has 1 N–H and O–H groups in total. The minimum Gasteiger partial charge on any atom is -0.318 e. The first kappa shape index (κ1) is 13.4. The number of nitrogens with one attached hydrogen (secondary N) is 1. The van der Waals surface area contributed by atoms with Crippen LogP contribution >= 0.6 is 0 Å². The number of amides is 1. The van der Waals surface area contributed by atoms with Crippen molar-refractivity contribution in [1.82, 2.24) is 0 Å². The molecule has 0 aliphatic carbocycles. The number of Topliss-reactive ketones (excluding diaryl/α,β-unsaturated/α-hetero) is 1. The maximum atomic E-state index is 12.7. The van der Waals surface area contributed by atoms with Crippen molar-refractivity contribution < 1.29 is 14.0 Å². The van der Waals surface area contributed by atoms with Crippen LogP contribution in [0.5, 0.6) is 0 Å². The molecule has 2 aromatic rings. The highest BCUT2D eigenvalue weighted by atomic mass is 19.1. The Balaban J connectivity index is 2.18. The van der Waals surface area contributed by atoms with E-state index in [1.807, 2.05) is 6.07 Å². The molecule has 0 heterocycles. The third kappa shape index (κ3) is 2.87. The number of rotatable bonds is 3. The largest absolute Gasteiger partial charge is 0.318 e. The van der Waals surface area contributed by atoms with Crippen LogP contribution in [0.3, 0.4) is 0 Å². The highest BCUT2D eigenvalue weighted by Crippen LogP contribution is 2.14. The molecule has 0 aliphatic rings. The molecule has 0 aromatic heterocycles. The van der Waals surface area contributed by atoms with Crippen molar-refractivity contribution in [3.63, 3.8) is 0 Å². The Bertz CT molecular complexity index is 703. The van der Waals surface area contributed by atoms with E-state index in [2.05, 4.69) is 5.32 Å². The Labute approximate surface area is 114 Å². The molecule has 1 amide bonds. The van der Waals surface area contributed by atoms with E-state index in [0.29, 0.717) is 0 Å². The fourth-order valence-corrected chi connectivity index (χ4v) is 1.60. The van der Waals surface area contributed by atoms with E-state index in [0.717, 1.165) is 12.1 Å². The molecule has 0 saturated carbocycles. The summed E-state index contributed by atoms with van der Waals surface area (Å²) in [6.07, 6.45) is 0. The third-order valence-electron chi connectivity index (χ3n) is 2.61. The van der Waals surface area contributed by atoms with Crippen LogP contribution in [-0.2, 0) is 4.79 Å². The van der Waals surface area contributed by atoms with Crippen LogP contribution in [0.4, 0.5) is 10.1 Å². The summed E-state index contributed by atoms with van der Waals surface area (Å²) < 4.78 is 12.7. The van der Waals surface area contributed by atoms with Crippen molar-refractivity contribution in [3.05, 3.63) is 65.5 Å². The monoisotopic (exact) mass is 268 g/mol. The van der Waals surface area contributed by atoms with Crippen LogP contribution in [0.1, 0.15) is 15.9 Å². The molecule has 20 heavy (non-hydrogen) atoms. The van der Waals surface area contributed by atoms with Gasteiger partial charge in [0, 0.05) is 5.56 Å². The predicted molar refractivity (Wildman–Crippen MR) is 70.5 cm³/mol. The van der Waals surface area contributed by atoms with Gasteiger partial charge in [-0.15, -0.1) is 0 Å². The van der Waals surface area contributed by atoms with Gasteiger partial charge in [-0.1, -0.05) is 12.1 Å². The van der Waals surface area contributed by atoms with E-state index in [1.54, 1.807) is 12.1 Å². The standard InChI is InChI=1S/C15H9FN2O2/c16-12-7-5-10(6-8-12)14(19)15(20)18-13-4-2-1-3-11(13)9-17/h1-8H,(H,18,20). The van der Waals surface area contributed by atoms with Gasteiger partial charge >= 0.3 is 0 Å². The number of para-hydroxylation sites is 1. The first-order valence-electron chi connectivity index (χ1n) is 5.72. The third-order valence-corrected chi connectivity index (χ3v) is 2.61. The molecular weight excluding hydrogens is 259 g/mol. The molecule has 0 saturated heterocycles. The van der Waals surface area contributed by atoms with Crippen molar-refractivity contribution >= 4 is 17.4 Å². The summed E-state index contributed by atoms with van der Waals surface area (Å²) in [5.41, 5.74) is 0.599. The Kier molecular flexibility index (Phi) is 3.87. The summed E-state index contributed by atoms with van der Waals surface area (Å²) in [7, 11) is 0. The number of carbonyl (C=O) groups is 2. The Morgan fingerprint density at radius 3 is 2.35 bits per heavy atom. The van der Waals surface area contributed by atoms with Gasteiger partial charge in [0.25, 0.3) is 11.7 Å². The van der Waals surface area contributed by atoms with Gasteiger partial charge in [0.1, 0.15) is 11.9 Å². The summed E-state index contributed by atoms with van der Waals surface area (Å²) in [4.78, 5) is 23.6. The number of hydrogen-bond acceptors (Lipinski definition) is 3. The second-order valence-electron chi connectivity index (χ2n) is 3.95. The zero-order valence-corrected chi connectivity index (χ0v) is 10.3. The highest BCUT2D eigenvalue weighted by molar-refractivity contribution is 6.46. The number of halogens is 1. The van der Waals surface area contributed by atoms with E-state index >= 15 is 0 Å². The van der Waals surface area contributed by atoms with Crippen LogP contribution < -0.4 is 5.32 Å². The fraction of sp³-hybridized carbons (Fsp3) is 0. The van der Waals surface area contributed by atoms with E-state index in [-0.39, 0.29) is 16.8 Å². The number of carbonyl (C=O) groups excluding carboxylic acids is 2. The second-order valence-corrected chi connectivity index (χ2v) is 3.95. The first-order chi connectivity index (χ1) is 9.61. The van der Waals surface area contributed by atoms with Gasteiger partial charge < -0.3 is 5.32 Å². The maximum Gasteiger partial charge on any atom is 0.296 e. The van der Waals surface area contributed by atoms with Crippen LogP contribution in [-0.4, -0.2) is 11.7 Å². The van der Waals surface area contributed by atoms with Crippen molar-refractivity contribution in [1.29, 1.82) is 5.26 Å². The average Bonchev–Trinajstić information content (AvgIpc) is 2.48. The number of benzene rings is 2. The predicted octanol–water partition coefficient (Wildman–Crippen LogP) is 2.52. The zero-order chi connectivity index (χ0) is 14.5.